The van der Waals surface area contributed by atoms with Crippen molar-refractivity contribution in [1.82, 2.24) is 4.90 Å². The number of nitrogens with two attached hydrogens (primary N) is 1. The second-order valence-corrected chi connectivity index (χ2v) is 11.7. The van der Waals surface area contributed by atoms with E-state index in [1.165, 1.54) is 0 Å². The lowest BCUT2D eigenvalue weighted by Gasteiger charge is -2.39. The fraction of sp³-hybridized carbons (Fsp3) is 0.609. The van der Waals surface area contributed by atoms with Crippen molar-refractivity contribution in [2.75, 3.05) is 5.75 Å². The normalized spacial score (nSPS) is 24.6. The predicted octanol–water partition coefficient (Wildman–Crippen LogP) is 3.62. The molecule has 0 radical (unpaired) electrons. The lowest BCUT2D eigenvalue weighted by molar-refractivity contribution is -0.131. The summed E-state index contributed by atoms with van der Waals surface area (Å²) in [5, 5.41) is -0.313. The van der Waals surface area contributed by atoms with E-state index in [0.29, 0.717) is 38.2 Å². The summed E-state index contributed by atoms with van der Waals surface area (Å²) in [7, 11) is -3.26. The van der Waals surface area contributed by atoms with Gasteiger partial charge in [0.25, 0.3) is 0 Å². The Morgan fingerprint density at radius 2 is 1.81 bits per heavy atom. The summed E-state index contributed by atoms with van der Waals surface area (Å²) in [6.07, 6.45) is 7.06. The Labute approximate surface area is 186 Å². The fourth-order valence-corrected chi connectivity index (χ4v) is 7.23. The Morgan fingerprint density at radius 3 is 2.50 bits per heavy atom. The highest BCUT2D eigenvalue weighted by Crippen LogP contribution is 2.40. The molecule has 32 heavy (non-hydrogen) atoms. The second kappa shape index (κ2) is 9.17. The van der Waals surface area contributed by atoms with E-state index in [1.807, 2.05) is 6.08 Å². The molecule has 0 spiro atoms. The molecule has 2 heterocycles. The molecule has 2 bridgehead atoms. The minimum Gasteiger partial charge on any atom is -0.327 e. The van der Waals surface area contributed by atoms with Gasteiger partial charge in [-0.25, -0.2) is 21.6 Å². The molecular weight excluding hydrogens is 441 g/mol. The van der Waals surface area contributed by atoms with Crippen LogP contribution in [-0.4, -0.2) is 42.3 Å². The standard InChI is InChI=1S/C23H29F3N2O3S/c24-19-13-21(26)20(25)11-14(19)12-22(27)15-9-16-5-6-17(10-15)28(16)23(29)7-8-32(30,31)18-3-1-2-4-18/h5,11,13,15,17-18,22H,1-4,6-10,12,27H2/t15-,17+,22?/m0/s1. The number of amides is 1. The maximum absolute atomic E-state index is 14.0. The lowest BCUT2D eigenvalue weighted by Crippen LogP contribution is -2.46. The number of nitrogens with zero attached hydrogens (tertiary/aromatic N) is 1. The molecule has 176 valence electrons. The van der Waals surface area contributed by atoms with Gasteiger partial charge < -0.3 is 10.6 Å². The molecule has 5 nitrogen and oxygen atoms in total. The smallest absolute Gasteiger partial charge is 0.228 e. The Bertz CT molecular complexity index is 1020. The van der Waals surface area contributed by atoms with Gasteiger partial charge in [-0.1, -0.05) is 18.9 Å². The van der Waals surface area contributed by atoms with E-state index in [1.54, 1.807) is 4.90 Å². The quantitative estimate of drug-likeness (QED) is 0.618. The highest BCUT2D eigenvalue weighted by molar-refractivity contribution is 7.92. The molecule has 3 atom stereocenters. The summed E-state index contributed by atoms with van der Waals surface area (Å²) in [5.41, 5.74) is 7.17. The van der Waals surface area contributed by atoms with Crippen LogP contribution in [0.2, 0.25) is 0 Å². The van der Waals surface area contributed by atoms with E-state index in [4.69, 9.17) is 5.73 Å². The molecule has 1 saturated carbocycles. The van der Waals surface area contributed by atoms with Gasteiger partial charge >= 0.3 is 0 Å². The third kappa shape index (κ3) is 4.73. The van der Waals surface area contributed by atoms with Crippen molar-refractivity contribution in [2.45, 2.75) is 75.1 Å². The van der Waals surface area contributed by atoms with Crippen LogP contribution in [0.25, 0.3) is 0 Å². The Kier molecular flexibility index (Phi) is 6.68. The monoisotopic (exact) mass is 470 g/mol. The summed E-state index contributed by atoms with van der Waals surface area (Å²) in [5.74, 6) is -3.50. The zero-order valence-corrected chi connectivity index (χ0v) is 18.7. The van der Waals surface area contributed by atoms with Crippen LogP contribution in [-0.2, 0) is 21.1 Å². The predicted molar refractivity (Wildman–Crippen MR) is 115 cm³/mol. The molecule has 1 unspecified atom stereocenters. The highest BCUT2D eigenvalue weighted by Gasteiger charge is 2.40. The van der Waals surface area contributed by atoms with Crippen molar-refractivity contribution < 1.29 is 26.4 Å². The topological polar surface area (TPSA) is 80.5 Å². The molecule has 2 N–H and O–H groups in total. The maximum Gasteiger partial charge on any atom is 0.228 e. The Morgan fingerprint density at radius 1 is 1.12 bits per heavy atom. The van der Waals surface area contributed by atoms with Gasteiger partial charge in [0, 0.05) is 30.3 Å². The summed E-state index contributed by atoms with van der Waals surface area (Å²) in [6, 6.07) is 0.816. The van der Waals surface area contributed by atoms with Crippen molar-refractivity contribution in [3.8, 4) is 0 Å². The average Bonchev–Trinajstić information content (AvgIpc) is 3.37. The molecule has 1 aromatic carbocycles. The van der Waals surface area contributed by atoms with Gasteiger partial charge in [-0.2, -0.15) is 0 Å². The number of hydrogen-bond acceptors (Lipinski definition) is 4. The molecule has 2 aliphatic heterocycles. The van der Waals surface area contributed by atoms with E-state index in [2.05, 4.69) is 0 Å². The van der Waals surface area contributed by atoms with E-state index in [0.717, 1.165) is 24.6 Å². The molecular formula is C23H29F3N2O3S. The molecule has 1 amide bonds. The number of benzene rings is 1. The molecule has 3 aliphatic rings. The van der Waals surface area contributed by atoms with Crippen LogP contribution in [0.3, 0.4) is 0 Å². The SMILES string of the molecule is NC(Cc1cc(F)c(F)cc1F)[C@H]1CC2=CC[C@H](C1)N2C(=O)CCS(=O)(=O)C1CCCC1. The molecule has 1 saturated heterocycles. The zero-order valence-electron chi connectivity index (χ0n) is 17.9. The first kappa shape index (κ1) is 23.3. The van der Waals surface area contributed by atoms with Gasteiger partial charge in [-0.05, 0) is 56.1 Å². The third-order valence-corrected chi connectivity index (χ3v) is 9.44. The van der Waals surface area contributed by atoms with Crippen LogP contribution in [0, 0.1) is 23.4 Å². The molecule has 1 aliphatic carbocycles. The van der Waals surface area contributed by atoms with Gasteiger partial charge in [0.1, 0.15) is 5.82 Å². The van der Waals surface area contributed by atoms with Crippen LogP contribution < -0.4 is 5.73 Å². The van der Waals surface area contributed by atoms with Crippen molar-refractivity contribution >= 4 is 15.7 Å². The van der Waals surface area contributed by atoms with Gasteiger partial charge in [-0.15, -0.1) is 0 Å². The van der Waals surface area contributed by atoms with Crippen LogP contribution in [0.1, 0.15) is 56.9 Å². The zero-order chi connectivity index (χ0) is 23.0. The third-order valence-electron chi connectivity index (χ3n) is 7.18. The highest BCUT2D eigenvalue weighted by atomic mass is 32.2. The molecule has 2 fully saturated rings. The molecule has 4 rings (SSSR count). The Balaban J connectivity index is 1.35. The number of sulfone groups is 1. The first-order chi connectivity index (χ1) is 15.2. The Hall–Kier alpha value is -1.87. The van der Waals surface area contributed by atoms with Crippen LogP contribution in [0.4, 0.5) is 13.2 Å². The molecule has 9 heteroatoms. The minimum absolute atomic E-state index is 0.0243. The number of piperidine rings is 1. The van der Waals surface area contributed by atoms with Crippen molar-refractivity contribution in [3.05, 3.63) is 46.9 Å². The largest absolute Gasteiger partial charge is 0.327 e. The summed E-state index contributed by atoms with van der Waals surface area (Å²) in [4.78, 5) is 14.6. The van der Waals surface area contributed by atoms with E-state index >= 15 is 0 Å². The fourth-order valence-electron chi connectivity index (χ4n) is 5.39. The number of allylic oxidation sites excluding steroid dienone is 1. The van der Waals surface area contributed by atoms with Gasteiger partial charge in [0.05, 0.1) is 11.0 Å². The van der Waals surface area contributed by atoms with Crippen molar-refractivity contribution in [2.24, 2.45) is 11.7 Å². The lowest BCUT2D eigenvalue weighted by atomic mass is 9.83. The molecule has 1 aromatic rings. The maximum atomic E-state index is 14.0. The number of rotatable bonds is 7. The number of carbonyl (C=O) groups is 1. The van der Waals surface area contributed by atoms with Gasteiger partial charge in [0.15, 0.2) is 21.5 Å². The van der Waals surface area contributed by atoms with Crippen LogP contribution in [0.15, 0.2) is 23.9 Å². The summed E-state index contributed by atoms with van der Waals surface area (Å²) >= 11 is 0. The average molecular weight is 471 g/mol. The number of carbonyl (C=O) groups excluding carboxylic acids is 1. The number of fused-ring (bicyclic) bond motifs is 2. The van der Waals surface area contributed by atoms with E-state index < -0.39 is 33.3 Å². The van der Waals surface area contributed by atoms with Gasteiger partial charge in [0.2, 0.25) is 5.91 Å². The first-order valence-corrected chi connectivity index (χ1v) is 13.0. The van der Waals surface area contributed by atoms with Gasteiger partial charge in [-0.3, -0.25) is 4.79 Å². The summed E-state index contributed by atoms with van der Waals surface area (Å²) < 4.78 is 65.7. The molecule has 0 aromatic heterocycles. The van der Waals surface area contributed by atoms with Crippen LogP contribution in [0.5, 0.6) is 0 Å². The van der Waals surface area contributed by atoms with Crippen LogP contribution >= 0.6 is 0 Å². The second-order valence-electron chi connectivity index (χ2n) is 9.30. The summed E-state index contributed by atoms with van der Waals surface area (Å²) in [6.45, 7) is 0. The number of hydrogen-bond donors (Lipinski definition) is 1. The first-order valence-electron chi connectivity index (χ1n) is 11.3. The van der Waals surface area contributed by atoms with Crippen molar-refractivity contribution in [1.29, 1.82) is 0 Å². The minimum atomic E-state index is -3.26. The van der Waals surface area contributed by atoms with Crippen molar-refractivity contribution in [3.63, 3.8) is 0 Å². The van der Waals surface area contributed by atoms with E-state index in [-0.39, 0.29) is 47.3 Å². The van der Waals surface area contributed by atoms with E-state index in [9.17, 15) is 26.4 Å². The number of halogens is 3.